The quantitative estimate of drug-likeness (QED) is 0.846. The van der Waals surface area contributed by atoms with Crippen LogP contribution >= 0.6 is 0 Å². The number of amides is 1. The minimum atomic E-state index is -0.248. The number of anilines is 1. The number of fused-ring (bicyclic) bond motifs is 1. The number of nitrogens with one attached hydrogen (secondary N) is 2. The second-order valence-corrected chi connectivity index (χ2v) is 5.61. The molecule has 2 heterocycles. The minimum absolute atomic E-state index is 0.234. The second-order valence-electron chi connectivity index (χ2n) is 5.61. The second kappa shape index (κ2) is 7.16. The molecule has 0 fully saturated rings. The molecule has 0 aliphatic carbocycles. The van der Waals surface area contributed by atoms with E-state index in [1.54, 1.807) is 6.07 Å². The van der Waals surface area contributed by atoms with Crippen molar-refractivity contribution in [3.8, 4) is 11.5 Å². The van der Waals surface area contributed by atoms with Gasteiger partial charge in [-0.25, -0.2) is 9.97 Å². The van der Waals surface area contributed by atoms with Crippen LogP contribution in [0.25, 0.3) is 0 Å². The highest BCUT2D eigenvalue weighted by atomic mass is 16.7. The summed E-state index contributed by atoms with van der Waals surface area (Å²) in [6.45, 7) is 4.75. The first-order valence-electron chi connectivity index (χ1n) is 7.91. The van der Waals surface area contributed by atoms with E-state index >= 15 is 0 Å². The Morgan fingerprint density at radius 3 is 2.92 bits per heavy atom. The van der Waals surface area contributed by atoms with Gasteiger partial charge in [0.25, 0.3) is 5.91 Å². The van der Waals surface area contributed by atoms with Crippen LogP contribution in [0.4, 0.5) is 5.82 Å². The van der Waals surface area contributed by atoms with Gasteiger partial charge < -0.3 is 20.1 Å². The summed E-state index contributed by atoms with van der Waals surface area (Å²) in [5.41, 5.74) is 1.26. The highest BCUT2D eigenvalue weighted by Gasteiger charge is 2.14. The van der Waals surface area contributed by atoms with Crippen molar-refractivity contribution >= 4 is 11.7 Å². The molecule has 0 bridgehead atoms. The minimum Gasteiger partial charge on any atom is -0.454 e. The molecule has 0 spiro atoms. The summed E-state index contributed by atoms with van der Waals surface area (Å²) in [5, 5.41) is 6.07. The Morgan fingerprint density at radius 2 is 2.08 bits per heavy atom. The monoisotopic (exact) mass is 328 g/mol. The van der Waals surface area contributed by atoms with Crippen molar-refractivity contribution in [2.75, 3.05) is 12.1 Å². The number of hydrogen-bond acceptors (Lipinski definition) is 6. The average Bonchev–Trinajstić information content (AvgIpc) is 3.07. The first-order chi connectivity index (χ1) is 11.7. The maximum Gasteiger partial charge on any atom is 0.270 e. The van der Waals surface area contributed by atoms with Gasteiger partial charge >= 0.3 is 0 Å². The summed E-state index contributed by atoms with van der Waals surface area (Å²) < 4.78 is 10.6. The van der Waals surface area contributed by atoms with Crippen molar-refractivity contribution in [2.24, 2.45) is 0 Å². The molecule has 1 amide bonds. The van der Waals surface area contributed by atoms with Crippen molar-refractivity contribution in [3.63, 3.8) is 0 Å². The van der Waals surface area contributed by atoms with Gasteiger partial charge in [-0.3, -0.25) is 4.79 Å². The summed E-state index contributed by atoms with van der Waals surface area (Å²) >= 11 is 0. The van der Waals surface area contributed by atoms with Crippen LogP contribution in [0.3, 0.4) is 0 Å². The van der Waals surface area contributed by atoms with Gasteiger partial charge in [0.2, 0.25) is 6.79 Å². The Morgan fingerprint density at radius 1 is 1.25 bits per heavy atom. The fraction of sp³-hybridized carbons (Fsp3) is 0.353. The fourth-order valence-corrected chi connectivity index (χ4v) is 2.24. The first-order valence-corrected chi connectivity index (χ1v) is 7.91. The van der Waals surface area contributed by atoms with E-state index in [-0.39, 0.29) is 18.7 Å². The molecular formula is C17H20N4O3. The van der Waals surface area contributed by atoms with Gasteiger partial charge in [-0.15, -0.1) is 0 Å². The molecule has 0 radical (unpaired) electrons. The molecule has 0 saturated heterocycles. The van der Waals surface area contributed by atoms with Crippen molar-refractivity contribution in [2.45, 2.75) is 32.9 Å². The lowest BCUT2D eigenvalue weighted by atomic mass is 10.2. The van der Waals surface area contributed by atoms with Gasteiger partial charge in [0.05, 0.1) is 0 Å². The Bertz CT molecular complexity index is 736. The van der Waals surface area contributed by atoms with E-state index in [1.807, 2.05) is 18.2 Å². The number of aromatic nitrogens is 2. The molecule has 1 aliphatic rings. The van der Waals surface area contributed by atoms with E-state index in [0.29, 0.717) is 23.8 Å². The molecule has 24 heavy (non-hydrogen) atoms. The maximum absolute atomic E-state index is 12.3. The zero-order valence-electron chi connectivity index (χ0n) is 13.7. The molecule has 1 unspecified atom stereocenters. The number of benzene rings is 1. The van der Waals surface area contributed by atoms with E-state index in [2.05, 4.69) is 34.4 Å². The maximum atomic E-state index is 12.3. The third kappa shape index (κ3) is 3.73. The first kappa shape index (κ1) is 16.0. The predicted octanol–water partition coefficient (Wildman–Crippen LogP) is 2.35. The third-order valence-corrected chi connectivity index (χ3v) is 3.80. The van der Waals surface area contributed by atoms with Crippen molar-refractivity contribution in [1.82, 2.24) is 15.3 Å². The van der Waals surface area contributed by atoms with E-state index in [4.69, 9.17) is 9.47 Å². The molecule has 1 aromatic carbocycles. The number of ether oxygens (including phenoxy) is 2. The highest BCUT2D eigenvalue weighted by Crippen LogP contribution is 2.32. The molecule has 7 heteroatoms. The summed E-state index contributed by atoms with van der Waals surface area (Å²) in [5.74, 6) is 1.82. The average molecular weight is 328 g/mol. The van der Waals surface area contributed by atoms with Crippen molar-refractivity contribution in [1.29, 1.82) is 0 Å². The van der Waals surface area contributed by atoms with Gasteiger partial charge in [-0.05, 0) is 31.0 Å². The normalized spacial score (nSPS) is 13.4. The van der Waals surface area contributed by atoms with Crippen LogP contribution in [-0.2, 0) is 6.54 Å². The van der Waals surface area contributed by atoms with Crippen LogP contribution in [0.5, 0.6) is 11.5 Å². The number of nitrogens with zero attached hydrogens (tertiary/aromatic N) is 2. The van der Waals surface area contributed by atoms with Crippen LogP contribution < -0.4 is 20.1 Å². The lowest BCUT2D eigenvalue weighted by molar-refractivity contribution is 0.0945. The Hall–Kier alpha value is -2.83. The summed E-state index contributed by atoms with van der Waals surface area (Å²) in [7, 11) is 0. The zero-order valence-corrected chi connectivity index (χ0v) is 13.7. The predicted molar refractivity (Wildman–Crippen MR) is 89.1 cm³/mol. The van der Waals surface area contributed by atoms with E-state index < -0.39 is 0 Å². The molecule has 3 rings (SSSR count). The largest absolute Gasteiger partial charge is 0.454 e. The van der Waals surface area contributed by atoms with E-state index in [0.717, 1.165) is 17.7 Å². The van der Waals surface area contributed by atoms with Crippen LogP contribution in [0.2, 0.25) is 0 Å². The summed E-state index contributed by atoms with van der Waals surface area (Å²) in [6.07, 6.45) is 2.36. The Kier molecular flexibility index (Phi) is 4.79. The van der Waals surface area contributed by atoms with Gasteiger partial charge in [0.1, 0.15) is 17.8 Å². The number of carbonyl (C=O) groups excluding carboxylic acids is 1. The molecule has 126 valence electrons. The van der Waals surface area contributed by atoms with Gasteiger partial charge in [0, 0.05) is 18.7 Å². The standard InChI is InChI=1S/C17H20N4O3/c1-3-11(2)21-16-7-13(19-9-20-16)17(22)18-8-12-4-5-14-15(6-12)24-10-23-14/h4-7,9,11H,3,8,10H2,1-2H3,(H,18,22)(H,19,20,21). The third-order valence-electron chi connectivity index (χ3n) is 3.80. The van der Waals surface area contributed by atoms with Gasteiger partial charge in [-0.1, -0.05) is 13.0 Å². The molecule has 1 atom stereocenters. The Labute approximate surface area is 140 Å². The van der Waals surface area contributed by atoms with Crippen molar-refractivity contribution in [3.05, 3.63) is 41.9 Å². The van der Waals surface area contributed by atoms with Crippen molar-refractivity contribution < 1.29 is 14.3 Å². The molecule has 0 saturated carbocycles. The van der Waals surface area contributed by atoms with Crippen LogP contribution in [-0.4, -0.2) is 28.7 Å². The topological polar surface area (TPSA) is 85.4 Å². The lowest BCUT2D eigenvalue weighted by Crippen LogP contribution is -2.24. The molecule has 2 N–H and O–H groups in total. The zero-order chi connectivity index (χ0) is 16.9. The number of rotatable bonds is 6. The van der Waals surface area contributed by atoms with Gasteiger partial charge in [0.15, 0.2) is 11.5 Å². The smallest absolute Gasteiger partial charge is 0.270 e. The van der Waals surface area contributed by atoms with Crippen LogP contribution in [0, 0.1) is 0 Å². The highest BCUT2D eigenvalue weighted by molar-refractivity contribution is 5.92. The molecular weight excluding hydrogens is 308 g/mol. The molecule has 2 aromatic rings. The van der Waals surface area contributed by atoms with Crippen LogP contribution in [0.1, 0.15) is 36.3 Å². The number of carbonyl (C=O) groups is 1. The van der Waals surface area contributed by atoms with E-state index in [9.17, 15) is 4.79 Å². The van der Waals surface area contributed by atoms with Crippen LogP contribution in [0.15, 0.2) is 30.6 Å². The van der Waals surface area contributed by atoms with E-state index in [1.165, 1.54) is 6.33 Å². The summed E-state index contributed by atoms with van der Waals surface area (Å²) in [4.78, 5) is 20.4. The Balaban J connectivity index is 1.61. The lowest BCUT2D eigenvalue weighted by Gasteiger charge is -2.12. The summed E-state index contributed by atoms with van der Waals surface area (Å²) in [6, 6.07) is 7.52. The SMILES string of the molecule is CCC(C)Nc1cc(C(=O)NCc2ccc3c(c2)OCO3)ncn1. The molecule has 7 nitrogen and oxygen atoms in total. The molecule has 1 aromatic heterocycles. The molecule has 1 aliphatic heterocycles. The fourth-order valence-electron chi connectivity index (χ4n) is 2.24. The number of hydrogen-bond donors (Lipinski definition) is 2. The van der Waals surface area contributed by atoms with Gasteiger partial charge in [-0.2, -0.15) is 0 Å².